The average Bonchev–Trinajstić information content (AvgIpc) is 3.22. The van der Waals surface area contributed by atoms with Crippen LogP contribution in [0.15, 0.2) is 46.1 Å². The molecule has 0 bridgehead atoms. The lowest BCUT2D eigenvalue weighted by atomic mass is 10.2. The number of aliphatic imine (C=N–C) groups is 1. The number of ether oxygens (including phenoxy) is 1. The Morgan fingerprint density at radius 1 is 1.20 bits per heavy atom. The molecule has 11 heteroatoms. The van der Waals surface area contributed by atoms with Crippen LogP contribution < -0.4 is 10.1 Å². The molecule has 0 radical (unpaired) electrons. The van der Waals surface area contributed by atoms with Gasteiger partial charge >= 0.3 is 0 Å². The number of halogens is 1. The lowest BCUT2D eigenvalue weighted by Gasteiger charge is -2.35. The molecule has 9 nitrogen and oxygen atoms in total. The molecule has 1 aliphatic rings. The molecule has 0 spiro atoms. The van der Waals surface area contributed by atoms with Crippen molar-refractivity contribution < 1.29 is 17.7 Å². The van der Waals surface area contributed by atoms with E-state index in [1.807, 2.05) is 36.1 Å². The van der Waals surface area contributed by atoms with Gasteiger partial charge in [-0.2, -0.15) is 4.31 Å². The van der Waals surface area contributed by atoms with Gasteiger partial charge in [-0.1, -0.05) is 22.9 Å². The lowest BCUT2D eigenvalue weighted by Crippen LogP contribution is -2.54. The van der Waals surface area contributed by atoms with E-state index in [9.17, 15) is 8.42 Å². The minimum absolute atomic E-state index is 0. The van der Waals surface area contributed by atoms with E-state index in [0.29, 0.717) is 45.0 Å². The normalized spacial score (nSPS) is 15.5. The number of nitrogens with one attached hydrogen (secondary N) is 1. The number of rotatable bonds is 7. The van der Waals surface area contributed by atoms with Crippen LogP contribution in [0.5, 0.6) is 5.75 Å². The third-order valence-corrected chi connectivity index (χ3v) is 6.45. The SMILES string of the molecule is CN=C(NCCOc1ccc(C)cc1)N1CCN(S(=O)(=O)Cc2ccon2)CC1.I. The summed E-state index contributed by atoms with van der Waals surface area (Å²) in [5.74, 6) is 1.43. The van der Waals surface area contributed by atoms with E-state index in [4.69, 9.17) is 9.26 Å². The van der Waals surface area contributed by atoms with E-state index < -0.39 is 10.0 Å². The van der Waals surface area contributed by atoms with E-state index in [1.54, 1.807) is 13.1 Å². The first-order valence-corrected chi connectivity index (χ1v) is 11.1. The van der Waals surface area contributed by atoms with Crippen LogP contribution in [0.1, 0.15) is 11.3 Å². The summed E-state index contributed by atoms with van der Waals surface area (Å²) >= 11 is 0. The maximum absolute atomic E-state index is 12.5. The fraction of sp³-hybridized carbons (Fsp3) is 0.474. The maximum Gasteiger partial charge on any atom is 0.220 e. The number of piperazine rings is 1. The van der Waals surface area contributed by atoms with Gasteiger partial charge < -0.3 is 19.5 Å². The molecule has 3 rings (SSSR count). The minimum Gasteiger partial charge on any atom is -0.492 e. The summed E-state index contributed by atoms with van der Waals surface area (Å²) < 4.78 is 37.0. The Morgan fingerprint density at radius 2 is 1.90 bits per heavy atom. The topological polar surface area (TPSA) is 100 Å². The van der Waals surface area contributed by atoms with Crippen molar-refractivity contribution in [3.8, 4) is 5.75 Å². The molecule has 1 aromatic carbocycles. The summed E-state index contributed by atoms with van der Waals surface area (Å²) in [5.41, 5.74) is 1.61. The zero-order valence-corrected chi connectivity index (χ0v) is 20.3. The van der Waals surface area contributed by atoms with Crippen LogP contribution in [0.4, 0.5) is 0 Å². The van der Waals surface area contributed by atoms with Crippen LogP contribution in [0.2, 0.25) is 0 Å². The van der Waals surface area contributed by atoms with Crippen molar-refractivity contribution in [2.75, 3.05) is 46.4 Å². The number of hydrogen-bond donors (Lipinski definition) is 1. The zero-order chi connectivity index (χ0) is 20.7. The largest absolute Gasteiger partial charge is 0.492 e. The summed E-state index contributed by atoms with van der Waals surface area (Å²) in [6.45, 7) is 5.09. The van der Waals surface area contributed by atoms with E-state index in [1.165, 1.54) is 16.1 Å². The Hall–Kier alpha value is -1.86. The third kappa shape index (κ3) is 6.84. The molecule has 2 aromatic rings. The number of hydrogen-bond acceptors (Lipinski definition) is 6. The summed E-state index contributed by atoms with van der Waals surface area (Å²) in [5, 5.41) is 6.96. The Labute approximate surface area is 194 Å². The zero-order valence-electron chi connectivity index (χ0n) is 17.2. The molecular formula is C19H28IN5O4S. The molecule has 0 unspecified atom stereocenters. The first-order valence-electron chi connectivity index (χ1n) is 9.50. The van der Waals surface area contributed by atoms with Crippen LogP contribution in [-0.2, 0) is 15.8 Å². The van der Waals surface area contributed by atoms with Gasteiger partial charge in [0.2, 0.25) is 10.0 Å². The van der Waals surface area contributed by atoms with Crippen LogP contribution in [0, 0.1) is 6.92 Å². The highest BCUT2D eigenvalue weighted by Gasteiger charge is 2.28. The van der Waals surface area contributed by atoms with Crippen molar-refractivity contribution in [3.05, 3.63) is 47.9 Å². The first-order chi connectivity index (χ1) is 14.0. The second-order valence-corrected chi connectivity index (χ2v) is 8.74. The molecule has 30 heavy (non-hydrogen) atoms. The Balaban J connectivity index is 0.00000320. The summed E-state index contributed by atoms with van der Waals surface area (Å²) in [6.07, 6.45) is 1.38. The van der Waals surface area contributed by atoms with E-state index >= 15 is 0 Å². The maximum atomic E-state index is 12.5. The fourth-order valence-electron chi connectivity index (χ4n) is 3.07. The fourth-order valence-corrected chi connectivity index (χ4v) is 4.49. The third-order valence-electron chi connectivity index (χ3n) is 4.64. The van der Waals surface area contributed by atoms with Gasteiger partial charge in [-0.15, -0.1) is 24.0 Å². The van der Waals surface area contributed by atoms with E-state index in [2.05, 4.69) is 15.5 Å². The molecule has 1 N–H and O–H groups in total. The number of nitrogens with zero attached hydrogens (tertiary/aromatic N) is 4. The van der Waals surface area contributed by atoms with Crippen molar-refractivity contribution in [1.29, 1.82) is 0 Å². The summed E-state index contributed by atoms with van der Waals surface area (Å²) in [4.78, 5) is 6.35. The highest BCUT2D eigenvalue weighted by Crippen LogP contribution is 2.13. The van der Waals surface area contributed by atoms with E-state index in [0.717, 1.165) is 11.7 Å². The van der Waals surface area contributed by atoms with Crippen molar-refractivity contribution in [2.24, 2.45) is 4.99 Å². The smallest absolute Gasteiger partial charge is 0.220 e. The first kappa shape index (κ1) is 24.4. The minimum atomic E-state index is -3.41. The highest BCUT2D eigenvalue weighted by atomic mass is 127. The van der Waals surface area contributed by atoms with E-state index in [-0.39, 0.29) is 29.7 Å². The summed E-state index contributed by atoms with van der Waals surface area (Å²) in [6, 6.07) is 9.49. The second kappa shape index (κ2) is 11.5. The molecular weight excluding hydrogens is 521 g/mol. The van der Waals surface area contributed by atoms with Crippen molar-refractivity contribution in [2.45, 2.75) is 12.7 Å². The van der Waals surface area contributed by atoms with Gasteiger partial charge in [0.15, 0.2) is 5.96 Å². The number of sulfonamides is 1. The summed E-state index contributed by atoms with van der Waals surface area (Å²) in [7, 11) is -1.69. The Bertz CT molecular complexity index is 896. The Kier molecular flexibility index (Phi) is 9.37. The van der Waals surface area contributed by atoms with Crippen molar-refractivity contribution in [1.82, 2.24) is 19.7 Å². The number of benzene rings is 1. The average molecular weight is 549 g/mol. The van der Waals surface area contributed by atoms with Gasteiger partial charge in [0.1, 0.15) is 24.4 Å². The number of aromatic nitrogens is 1. The van der Waals surface area contributed by atoms with Crippen LogP contribution in [-0.4, -0.2) is 75.1 Å². The molecule has 0 saturated carbocycles. The predicted molar refractivity (Wildman–Crippen MR) is 126 cm³/mol. The standard InChI is InChI=1S/C19H27N5O4S.HI/c1-16-3-5-18(6-4-16)27-14-8-21-19(20-2)23-9-11-24(12-10-23)29(25,26)15-17-7-13-28-22-17;/h3-7,13H,8-12,14-15H2,1-2H3,(H,20,21);1H. The molecule has 1 saturated heterocycles. The number of guanidine groups is 1. The van der Waals surface area contributed by atoms with Crippen LogP contribution in [0.3, 0.4) is 0 Å². The quantitative estimate of drug-likeness (QED) is 0.243. The molecule has 1 aromatic heterocycles. The van der Waals surface area contributed by atoms with Gasteiger partial charge in [-0.05, 0) is 19.1 Å². The Morgan fingerprint density at radius 3 is 2.50 bits per heavy atom. The van der Waals surface area contributed by atoms with Gasteiger partial charge in [-0.3, -0.25) is 4.99 Å². The van der Waals surface area contributed by atoms with Crippen molar-refractivity contribution >= 4 is 40.0 Å². The molecule has 0 amide bonds. The monoisotopic (exact) mass is 549 g/mol. The molecule has 1 aliphatic heterocycles. The van der Waals surface area contributed by atoms with Gasteiger partial charge in [0.05, 0.1) is 12.2 Å². The van der Waals surface area contributed by atoms with Gasteiger partial charge in [0.25, 0.3) is 0 Å². The molecule has 0 aliphatic carbocycles. The molecule has 1 fully saturated rings. The number of aryl methyl sites for hydroxylation is 1. The predicted octanol–water partition coefficient (Wildman–Crippen LogP) is 1.70. The molecule has 2 heterocycles. The van der Waals surface area contributed by atoms with Crippen molar-refractivity contribution in [3.63, 3.8) is 0 Å². The molecule has 166 valence electrons. The highest BCUT2D eigenvalue weighted by molar-refractivity contribution is 14.0. The lowest BCUT2D eigenvalue weighted by molar-refractivity contribution is 0.257. The molecule has 0 atom stereocenters. The second-order valence-electron chi connectivity index (χ2n) is 6.77. The van der Waals surface area contributed by atoms with Crippen LogP contribution in [0.25, 0.3) is 0 Å². The van der Waals surface area contributed by atoms with Gasteiger partial charge in [0, 0.05) is 39.3 Å². The van der Waals surface area contributed by atoms with Gasteiger partial charge in [-0.25, -0.2) is 8.42 Å². The van der Waals surface area contributed by atoms with Crippen LogP contribution >= 0.6 is 24.0 Å².